The van der Waals surface area contributed by atoms with Crippen molar-refractivity contribution in [3.05, 3.63) is 72.3 Å². The molecule has 2 aromatic heterocycles. The molecule has 2 heterocycles. The van der Waals surface area contributed by atoms with E-state index in [1.807, 2.05) is 74.1 Å². The molecule has 3 aromatic rings. The first-order chi connectivity index (χ1) is 11.6. The Hall–Kier alpha value is -2.82. The van der Waals surface area contributed by atoms with Gasteiger partial charge in [-0.25, -0.2) is 0 Å². The number of aryl methyl sites for hydroxylation is 1. The molecule has 124 valence electrons. The molecule has 2 atom stereocenters. The number of nitrogens with one attached hydrogen (secondary N) is 1. The molecule has 5 nitrogen and oxygen atoms in total. The Morgan fingerprint density at radius 3 is 2.54 bits per heavy atom. The first-order valence-corrected chi connectivity index (χ1v) is 8.10. The number of hydrogen-bond donors (Lipinski definition) is 1. The molecular formula is C19H22N4O. The summed E-state index contributed by atoms with van der Waals surface area (Å²) in [5, 5.41) is 7.29. The van der Waals surface area contributed by atoms with Gasteiger partial charge in [-0.3, -0.25) is 9.48 Å². The van der Waals surface area contributed by atoms with Gasteiger partial charge in [0.15, 0.2) is 0 Å². The molecule has 1 N–H and O–H groups in total. The topological polar surface area (TPSA) is 51.9 Å². The van der Waals surface area contributed by atoms with Crippen LogP contribution in [0.15, 0.2) is 61.1 Å². The third-order valence-corrected chi connectivity index (χ3v) is 4.25. The number of carbonyl (C=O) groups is 1. The number of nitrogens with zero attached hydrogens (tertiary/aromatic N) is 3. The summed E-state index contributed by atoms with van der Waals surface area (Å²) in [5.41, 5.74) is 3.12. The minimum atomic E-state index is -0.338. The Labute approximate surface area is 141 Å². The van der Waals surface area contributed by atoms with Crippen LogP contribution in [0.4, 0.5) is 0 Å². The van der Waals surface area contributed by atoms with E-state index in [9.17, 15) is 4.79 Å². The first kappa shape index (κ1) is 16.1. The fraction of sp³-hybridized carbons (Fsp3) is 0.263. The van der Waals surface area contributed by atoms with Gasteiger partial charge in [-0.05, 0) is 56.7 Å². The van der Waals surface area contributed by atoms with E-state index in [1.165, 1.54) is 0 Å². The molecule has 1 amide bonds. The number of carbonyl (C=O) groups excluding carboxylic acids is 1. The Morgan fingerprint density at radius 2 is 1.88 bits per heavy atom. The molecule has 1 aromatic carbocycles. The fourth-order valence-corrected chi connectivity index (χ4v) is 2.78. The largest absolute Gasteiger partial charge is 0.348 e. The highest BCUT2D eigenvalue weighted by molar-refractivity contribution is 5.80. The van der Waals surface area contributed by atoms with Crippen LogP contribution < -0.4 is 5.32 Å². The van der Waals surface area contributed by atoms with E-state index in [0.717, 1.165) is 16.9 Å². The molecule has 24 heavy (non-hydrogen) atoms. The lowest BCUT2D eigenvalue weighted by molar-refractivity contribution is -0.124. The summed E-state index contributed by atoms with van der Waals surface area (Å²) in [5.74, 6) is -0.0410. The second-order valence-electron chi connectivity index (χ2n) is 6.01. The first-order valence-electron chi connectivity index (χ1n) is 8.10. The van der Waals surface area contributed by atoms with Crippen LogP contribution in [-0.4, -0.2) is 20.3 Å². The maximum Gasteiger partial charge on any atom is 0.245 e. The van der Waals surface area contributed by atoms with Crippen molar-refractivity contribution >= 4 is 5.91 Å². The number of hydrogen-bond acceptors (Lipinski definition) is 2. The minimum absolute atomic E-state index is 0.0410. The van der Waals surface area contributed by atoms with Gasteiger partial charge in [0.1, 0.15) is 6.04 Å². The van der Waals surface area contributed by atoms with Gasteiger partial charge in [0.2, 0.25) is 5.91 Å². The maximum absolute atomic E-state index is 12.5. The summed E-state index contributed by atoms with van der Waals surface area (Å²) in [7, 11) is 0. The third-order valence-electron chi connectivity index (χ3n) is 4.25. The monoisotopic (exact) mass is 322 g/mol. The Kier molecular flexibility index (Phi) is 4.51. The zero-order valence-electron chi connectivity index (χ0n) is 14.2. The molecule has 3 rings (SSSR count). The molecule has 0 bridgehead atoms. The molecule has 0 fully saturated rings. The molecule has 0 aliphatic rings. The van der Waals surface area contributed by atoms with Gasteiger partial charge in [0.25, 0.3) is 0 Å². The minimum Gasteiger partial charge on any atom is -0.348 e. The summed E-state index contributed by atoms with van der Waals surface area (Å²) in [6, 6.07) is 13.6. The summed E-state index contributed by atoms with van der Waals surface area (Å²) in [6.07, 6.45) is 5.72. The van der Waals surface area contributed by atoms with Crippen molar-refractivity contribution in [2.75, 3.05) is 0 Å². The van der Waals surface area contributed by atoms with Crippen molar-refractivity contribution in [3.8, 4) is 5.69 Å². The van der Waals surface area contributed by atoms with Crippen molar-refractivity contribution in [2.24, 2.45) is 0 Å². The number of aromatic nitrogens is 3. The zero-order valence-corrected chi connectivity index (χ0v) is 14.2. The van der Waals surface area contributed by atoms with E-state index in [-0.39, 0.29) is 18.0 Å². The standard InChI is InChI=1S/C19H22N4O/c1-14-9-10-20-23(14)16(3)19(24)21-15(2)17-7-6-8-18(13-17)22-11-4-5-12-22/h4-13,15-16H,1-3H3,(H,21,24). The molecule has 0 aliphatic carbocycles. The van der Waals surface area contributed by atoms with Crippen LogP contribution in [0.5, 0.6) is 0 Å². The second-order valence-corrected chi connectivity index (χ2v) is 6.01. The van der Waals surface area contributed by atoms with Crippen LogP contribution >= 0.6 is 0 Å². The lowest BCUT2D eigenvalue weighted by atomic mass is 10.1. The smallest absolute Gasteiger partial charge is 0.245 e. The fourth-order valence-electron chi connectivity index (χ4n) is 2.78. The number of amides is 1. The third kappa shape index (κ3) is 3.25. The number of benzene rings is 1. The molecule has 2 unspecified atom stereocenters. The Balaban J connectivity index is 1.73. The van der Waals surface area contributed by atoms with Gasteiger partial charge >= 0.3 is 0 Å². The molecule has 0 radical (unpaired) electrons. The van der Waals surface area contributed by atoms with E-state index in [2.05, 4.69) is 16.5 Å². The van der Waals surface area contributed by atoms with Crippen LogP contribution in [0.1, 0.15) is 37.2 Å². The Bertz CT molecular complexity index is 820. The van der Waals surface area contributed by atoms with Gasteiger partial charge < -0.3 is 9.88 Å². The summed E-state index contributed by atoms with van der Waals surface area (Å²) < 4.78 is 3.78. The van der Waals surface area contributed by atoms with Crippen molar-refractivity contribution in [1.82, 2.24) is 19.7 Å². The van der Waals surface area contributed by atoms with E-state index in [0.29, 0.717) is 0 Å². The van der Waals surface area contributed by atoms with Gasteiger partial charge in [0.05, 0.1) is 6.04 Å². The quantitative estimate of drug-likeness (QED) is 0.782. The highest BCUT2D eigenvalue weighted by Gasteiger charge is 2.19. The summed E-state index contributed by atoms with van der Waals surface area (Å²) in [4.78, 5) is 12.5. The van der Waals surface area contributed by atoms with Gasteiger partial charge in [-0.1, -0.05) is 12.1 Å². The van der Waals surface area contributed by atoms with E-state index >= 15 is 0 Å². The van der Waals surface area contributed by atoms with E-state index < -0.39 is 0 Å². The van der Waals surface area contributed by atoms with E-state index in [1.54, 1.807) is 10.9 Å². The lowest BCUT2D eigenvalue weighted by Crippen LogP contribution is -2.33. The number of rotatable bonds is 5. The van der Waals surface area contributed by atoms with Gasteiger partial charge in [-0.15, -0.1) is 0 Å². The molecular weight excluding hydrogens is 300 g/mol. The average Bonchev–Trinajstić information content (AvgIpc) is 3.25. The maximum atomic E-state index is 12.5. The van der Waals surface area contributed by atoms with Crippen molar-refractivity contribution in [2.45, 2.75) is 32.9 Å². The van der Waals surface area contributed by atoms with Crippen LogP contribution in [0, 0.1) is 6.92 Å². The van der Waals surface area contributed by atoms with Gasteiger partial charge in [0, 0.05) is 30.0 Å². The molecule has 0 spiro atoms. The van der Waals surface area contributed by atoms with Crippen molar-refractivity contribution in [1.29, 1.82) is 0 Å². The highest BCUT2D eigenvalue weighted by atomic mass is 16.2. The normalized spacial score (nSPS) is 13.5. The second kappa shape index (κ2) is 6.74. The van der Waals surface area contributed by atoms with Crippen LogP contribution in [0.25, 0.3) is 5.69 Å². The van der Waals surface area contributed by atoms with E-state index in [4.69, 9.17) is 0 Å². The zero-order chi connectivity index (χ0) is 17.1. The average molecular weight is 322 g/mol. The van der Waals surface area contributed by atoms with Crippen LogP contribution in [-0.2, 0) is 4.79 Å². The SMILES string of the molecule is Cc1ccnn1C(C)C(=O)NC(C)c1cccc(-n2cccc2)c1. The lowest BCUT2D eigenvalue weighted by Gasteiger charge is -2.19. The molecule has 0 aliphatic heterocycles. The van der Waals surface area contributed by atoms with Gasteiger partial charge in [-0.2, -0.15) is 5.10 Å². The predicted molar refractivity (Wildman–Crippen MR) is 94.0 cm³/mol. The molecule has 0 saturated carbocycles. The van der Waals surface area contributed by atoms with Crippen molar-refractivity contribution < 1.29 is 4.79 Å². The molecule has 5 heteroatoms. The highest BCUT2D eigenvalue weighted by Crippen LogP contribution is 2.18. The molecule has 0 saturated heterocycles. The van der Waals surface area contributed by atoms with Crippen LogP contribution in [0.3, 0.4) is 0 Å². The summed E-state index contributed by atoms with van der Waals surface area (Å²) >= 11 is 0. The van der Waals surface area contributed by atoms with Crippen molar-refractivity contribution in [3.63, 3.8) is 0 Å². The summed E-state index contributed by atoms with van der Waals surface area (Å²) in [6.45, 7) is 5.80. The van der Waals surface area contributed by atoms with Crippen LogP contribution in [0.2, 0.25) is 0 Å². The Morgan fingerprint density at radius 1 is 1.12 bits per heavy atom. The predicted octanol–water partition coefficient (Wildman–Crippen LogP) is 3.42.